The first-order chi connectivity index (χ1) is 15.0. The van der Waals surface area contributed by atoms with Crippen molar-refractivity contribution < 1.29 is 14.4 Å². The lowest BCUT2D eigenvalue weighted by atomic mass is 9.76. The Morgan fingerprint density at radius 3 is 2.19 bits per heavy atom. The molecule has 2 aromatic carbocycles. The van der Waals surface area contributed by atoms with E-state index in [0.717, 1.165) is 22.5 Å². The molecule has 1 fully saturated rings. The second-order valence-electron chi connectivity index (χ2n) is 7.42. The molecule has 31 heavy (non-hydrogen) atoms. The fraction of sp³-hybridized carbons (Fsp3) is 0.217. The Kier molecular flexibility index (Phi) is 5.92. The quantitative estimate of drug-likeness (QED) is 0.422. The number of rotatable bonds is 5. The third-order valence-corrected chi connectivity index (χ3v) is 6.50. The maximum atomic E-state index is 13.3. The van der Waals surface area contributed by atoms with Crippen LogP contribution in [0.4, 0.5) is 5.13 Å². The van der Waals surface area contributed by atoms with Crippen LogP contribution in [0.1, 0.15) is 45.4 Å². The molecule has 0 spiro atoms. The number of benzene rings is 2. The zero-order chi connectivity index (χ0) is 22.0. The Morgan fingerprint density at radius 1 is 1.00 bits per heavy atom. The van der Waals surface area contributed by atoms with Crippen LogP contribution >= 0.6 is 11.3 Å². The van der Waals surface area contributed by atoms with Gasteiger partial charge in [0.05, 0.1) is 16.6 Å². The Balaban J connectivity index is 1.70. The van der Waals surface area contributed by atoms with Crippen LogP contribution < -0.4 is 16.2 Å². The molecule has 2 amide bonds. The summed E-state index contributed by atoms with van der Waals surface area (Å²) in [7, 11) is 0. The summed E-state index contributed by atoms with van der Waals surface area (Å²) in [6.45, 7) is 3.18. The maximum absolute atomic E-state index is 13.3. The Morgan fingerprint density at radius 2 is 1.61 bits per heavy atom. The number of hydrazine groups is 1. The highest BCUT2D eigenvalue weighted by Crippen LogP contribution is 2.40. The SMILES string of the molecule is CC(=O)c1sc(NC(=O)C2C(=O)NNC(c3ccccc3)C2c2ccccc2)nc1C. The van der Waals surface area contributed by atoms with Crippen LogP contribution in [0.5, 0.6) is 0 Å². The molecule has 3 unspecified atom stereocenters. The van der Waals surface area contributed by atoms with Crippen LogP contribution in [0.15, 0.2) is 60.7 Å². The second-order valence-corrected chi connectivity index (χ2v) is 8.41. The predicted octanol–water partition coefficient (Wildman–Crippen LogP) is 3.37. The van der Waals surface area contributed by atoms with Crippen LogP contribution in [0.25, 0.3) is 0 Å². The zero-order valence-electron chi connectivity index (χ0n) is 17.1. The van der Waals surface area contributed by atoms with Crippen molar-refractivity contribution in [2.75, 3.05) is 5.32 Å². The first-order valence-electron chi connectivity index (χ1n) is 9.90. The molecule has 0 aliphatic carbocycles. The molecular formula is C23H22N4O3S. The van der Waals surface area contributed by atoms with Crippen molar-refractivity contribution >= 4 is 34.1 Å². The summed E-state index contributed by atoms with van der Waals surface area (Å²) in [5, 5.41) is 3.07. The molecule has 2 heterocycles. The predicted molar refractivity (Wildman–Crippen MR) is 119 cm³/mol. The molecule has 3 atom stereocenters. The third kappa shape index (κ3) is 4.26. The third-order valence-electron chi connectivity index (χ3n) is 5.32. The van der Waals surface area contributed by atoms with E-state index < -0.39 is 23.7 Å². The molecular weight excluding hydrogens is 412 g/mol. The standard InChI is InChI=1S/C23H22N4O3S/c1-13-20(14(2)28)31-23(24-13)25-21(29)18-17(15-9-5-3-6-10-15)19(26-27-22(18)30)16-11-7-4-8-12-16/h3-12,17-19,26H,1-2H3,(H,27,30)(H,24,25,29). The smallest absolute Gasteiger partial charge is 0.247 e. The minimum absolute atomic E-state index is 0.110. The number of anilines is 1. The average molecular weight is 435 g/mol. The largest absolute Gasteiger partial charge is 0.301 e. The van der Waals surface area contributed by atoms with Crippen molar-refractivity contribution in [3.8, 4) is 0 Å². The van der Waals surface area contributed by atoms with Crippen LogP contribution in [0, 0.1) is 12.8 Å². The summed E-state index contributed by atoms with van der Waals surface area (Å²) in [5.41, 5.74) is 8.12. The zero-order valence-corrected chi connectivity index (χ0v) is 17.9. The highest BCUT2D eigenvalue weighted by molar-refractivity contribution is 7.17. The fourth-order valence-corrected chi connectivity index (χ4v) is 4.79. The summed E-state index contributed by atoms with van der Waals surface area (Å²) >= 11 is 1.12. The van der Waals surface area contributed by atoms with Crippen molar-refractivity contribution in [1.29, 1.82) is 0 Å². The van der Waals surface area contributed by atoms with Gasteiger partial charge in [-0.25, -0.2) is 10.4 Å². The topological polar surface area (TPSA) is 100 Å². The van der Waals surface area contributed by atoms with Crippen molar-refractivity contribution in [2.24, 2.45) is 5.92 Å². The highest BCUT2D eigenvalue weighted by Gasteiger charge is 2.44. The molecule has 0 bridgehead atoms. The number of Topliss-reactive ketones (excluding diaryl/α,β-unsaturated/α-hetero) is 1. The second kappa shape index (κ2) is 8.79. The van der Waals surface area contributed by atoms with E-state index in [1.165, 1.54) is 6.92 Å². The van der Waals surface area contributed by atoms with Crippen molar-refractivity contribution in [3.05, 3.63) is 82.4 Å². The van der Waals surface area contributed by atoms with Crippen LogP contribution in [-0.2, 0) is 9.59 Å². The number of hydrogen-bond donors (Lipinski definition) is 3. The van der Waals surface area contributed by atoms with Gasteiger partial charge in [-0.15, -0.1) is 0 Å². The molecule has 158 valence electrons. The van der Waals surface area contributed by atoms with Crippen molar-refractivity contribution in [2.45, 2.75) is 25.8 Å². The molecule has 4 rings (SSSR count). The van der Waals surface area contributed by atoms with E-state index in [9.17, 15) is 14.4 Å². The number of aromatic nitrogens is 1. The first kappa shape index (κ1) is 20.9. The number of hydrogen-bond acceptors (Lipinski definition) is 6. The van der Waals surface area contributed by atoms with E-state index >= 15 is 0 Å². The molecule has 7 nitrogen and oxygen atoms in total. The van der Waals surface area contributed by atoms with Crippen LogP contribution in [0.3, 0.4) is 0 Å². The van der Waals surface area contributed by atoms with Crippen molar-refractivity contribution in [3.63, 3.8) is 0 Å². The van der Waals surface area contributed by atoms with Gasteiger partial charge in [-0.3, -0.25) is 19.8 Å². The van der Waals surface area contributed by atoms with Gasteiger partial charge in [0.1, 0.15) is 5.92 Å². The van der Waals surface area contributed by atoms with Gasteiger partial charge >= 0.3 is 0 Å². The Bertz CT molecular complexity index is 1110. The molecule has 3 N–H and O–H groups in total. The summed E-state index contributed by atoms with van der Waals surface area (Å²) in [4.78, 5) is 42.7. The number of thiazole rings is 1. The summed E-state index contributed by atoms with van der Waals surface area (Å²) < 4.78 is 0. The van der Waals surface area contributed by atoms with Gasteiger partial charge in [0.25, 0.3) is 0 Å². The van der Waals surface area contributed by atoms with E-state index in [2.05, 4.69) is 21.2 Å². The number of nitrogens with one attached hydrogen (secondary N) is 3. The molecule has 8 heteroatoms. The van der Waals surface area contributed by atoms with Gasteiger partial charge in [-0.2, -0.15) is 0 Å². The van der Waals surface area contributed by atoms with E-state index in [4.69, 9.17) is 0 Å². The molecule has 1 saturated heterocycles. The van der Waals surface area contributed by atoms with Gasteiger partial charge in [-0.05, 0) is 18.1 Å². The lowest BCUT2D eigenvalue weighted by Gasteiger charge is -2.38. The molecule has 0 saturated carbocycles. The van der Waals surface area contributed by atoms with Gasteiger partial charge in [0.2, 0.25) is 11.8 Å². The minimum atomic E-state index is -0.987. The number of aryl methyl sites for hydroxylation is 1. The summed E-state index contributed by atoms with van der Waals surface area (Å²) in [5.74, 6) is -2.41. The molecule has 1 aliphatic rings. The molecule has 0 radical (unpaired) electrons. The van der Waals surface area contributed by atoms with E-state index in [0.29, 0.717) is 15.7 Å². The summed E-state index contributed by atoms with van der Waals surface area (Å²) in [6, 6.07) is 18.9. The number of carbonyl (C=O) groups excluding carboxylic acids is 3. The lowest BCUT2D eigenvalue weighted by Crippen LogP contribution is -2.56. The Labute approximate surface area is 183 Å². The number of carbonyl (C=O) groups is 3. The highest BCUT2D eigenvalue weighted by atomic mass is 32.1. The van der Waals surface area contributed by atoms with Gasteiger partial charge in [-0.1, -0.05) is 72.0 Å². The first-order valence-corrected chi connectivity index (χ1v) is 10.7. The van der Waals surface area contributed by atoms with Crippen molar-refractivity contribution in [1.82, 2.24) is 15.8 Å². The fourth-order valence-electron chi connectivity index (χ4n) is 3.92. The lowest BCUT2D eigenvalue weighted by molar-refractivity contribution is -0.137. The molecule has 1 aromatic heterocycles. The molecule has 3 aromatic rings. The molecule has 1 aliphatic heterocycles. The van der Waals surface area contributed by atoms with E-state index in [-0.39, 0.29) is 11.8 Å². The summed E-state index contributed by atoms with van der Waals surface area (Å²) in [6.07, 6.45) is 0. The normalized spacial score (nSPS) is 20.7. The van der Waals surface area contributed by atoms with Gasteiger partial charge < -0.3 is 5.32 Å². The maximum Gasteiger partial charge on any atom is 0.247 e. The monoisotopic (exact) mass is 434 g/mol. The number of ketones is 1. The van der Waals surface area contributed by atoms with Gasteiger partial charge in [0.15, 0.2) is 10.9 Å². The Hall–Kier alpha value is -3.36. The van der Waals surface area contributed by atoms with Crippen LogP contribution in [0.2, 0.25) is 0 Å². The van der Waals surface area contributed by atoms with Gasteiger partial charge in [0, 0.05) is 12.8 Å². The minimum Gasteiger partial charge on any atom is -0.301 e. The number of nitrogens with zero attached hydrogens (tertiary/aromatic N) is 1. The average Bonchev–Trinajstić information content (AvgIpc) is 3.14. The van der Waals surface area contributed by atoms with Crippen LogP contribution in [-0.4, -0.2) is 22.6 Å². The number of amides is 2. The van der Waals surface area contributed by atoms with E-state index in [1.54, 1.807) is 6.92 Å². The van der Waals surface area contributed by atoms with E-state index in [1.807, 2.05) is 60.7 Å².